The van der Waals surface area contributed by atoms with Crippen molar-refractivity contribution in [3.05, 3.63) is 124 Å². The van der Waals surface area contributed by atoms with Crippen LogP contribution in [0.3, 0.4) is 0 Å². The minimum absolute atomic E-state index is 0.133. The Balaban J connectivity index is 0.000000221. The molecule has 0 saturated carbocycles. The highest BCUT2D eigenvalue weighted by Gasteiger charge is 2.18. The van der Waals surface area contributed by atoms with E-state index in [9.17, 15) is 19.2 Å². The molecular formula is C42H45BrN10O4. The van der Waals surface area contributed by atoms with Crippen LogP contribution in [0.15, 0.2) is 101 Å². The zero-order chi connectivity index (χ0) is 40.7. The van der Waals surface area contributed by atoms with Crippen LogP contribution >= 0.6 is 15.9 Å². The molecule has 4 aromatic heterocycles. The van der Waals surface area contributed by atoms with Crippen molar-refractivity contribution in [2.75, 3.05) is 30.8 Å². The lowest BCUT2D eigenvalue weighted by molar-refractivity contribution is 0.103. The van der Waals surface area contributed by atoms with E-state index < -0.39 is 0 Å². The summed E-state index contributed by atoms with van der Waals surface area (Å²) in [7, 11) is 1.66. The summed E-state index contributed by atoms with van der Waals surface area (Å²) in [5, 5.41) is 12.5. The third-order valence-electron chi connectivity index (χ3n) is 8.70. The van der Waals surface area contributed by atoms with E-state index in [1.165, 1.54) is 6.20 Å². The summed E-state index contributed by atoms with van der Waals surface area (Å²) in [6.07, 6.45) is 13.6. The molecule has 0 unspecified atom stereocenters. The first-order valence-corrected chi connectivity index (χ1v) is 19.3. The molecule has 0 radical (unpaired) electrons. The molecule has 0 bridgehead atoms. The van der Waals surface area contributed by atoms with Gasteiger partial charge in [-0.1, -0.05) is 51.0 Å². The minimum Gasteiger partial charge on any atom is -0.404 e. The van der Waals surface area contributed by atoms with E-state index in [-0.39, 0.29) is 23.6 Å². The van der Waals surface area contributed by atoms with Gasteiger partial charge in [-0.25, -0.2) is 19.6 Å². The van der Waals surface area contributed by atoms with Gasteiger partial charge in [0.25, 0.3) is 0 Å². The normalized spacial score (nSPS) is 11.3. The van der Waals surface area contributed by atoms with Gasteiger partial charge in [0.05, 0.1) is 0 Å². The first kappa shape index (κ1) is 41.6. The number of allylic oxidation sites excluding steroid dienone is 1. The van der Waals surface area contributed by atoms with Crippen LogP contribution in [0, 0.1) is 0 Å². The van der Waals surface area contributed by atoms with E-state index in [2.05, 4.69) is 76.0 Å². The van der Waals surface area contributed by atoms with Crippen LogP contribution in [-0.2, 0) is 0 Å². The maximum atomic E-state index is 13.2. The number of aliphatic imine (C=N–C) groups is 1. The summed E-state index contributed by atoms with van der Waals surface area (Å²) in [6.45, 7) is 5.35. The van der Waals surface area contributed by atoms with Crippen LogP contribution in [0.2, 0.25) is 0 Å². The molecule has 0 aliphatic rings. The summed E-state index contributed by atoms with van der Waals surface area (Å²) in [6, 6.07) is 16.9. The van der Waals surface area contributed by atoms with Gasteiger partial charge >= 0.3 is 12.1 Å². The second-order valence-corrected chi connectivity index (χ2v) is 13.8. The number of anilines is 2. The molecular weight excluding hydrogens is 788 g/mol. The standard InChI is InChI=1S/C23H26N6O2.C19H19BrN4O2/c1-3-4-8-26-23(31)29-18-7-5-6-15(9-18)21(30)20-14-28-22-19(20)10-16(13-27-22)17(11-24)12-25-2;1-2-3-7-21-19(26)24-14-6-4-5-12(8-14)17(25)16-11-23-18-15(16)9-13(20)10-22-18/h5-7,9-14H,3-4,8,24H2,1-2H3,(H,27,28)(H2,26,29,31);4-6,8-11H,2-3,7H2,1H3,(H,22,23)(H2,21,24,26). The van der Waals surface area contributed by atoms with Gasteiger partial charge in [-0.05, 0) is 65.2 Å². The lowest BCUT2D eigenvalue weighted by Crippen LogP contribution is -2.29. The van der Waals surface area contributed by atoms with E-state index >= 15 is 0 Å². The number of aromatic nitrogens is 4. The summed E-state index contributed by atoms with van der Waals surface area (Å²) >= 11 is 3.38. The Morgan fingerprint density at radius 3 is 1.74 bits per heavy atom. The number of amides is 4. The van der Waals surface area contributed by atoms with Crippen LogP contribution in [-0.4, -0.2) is 69.9 Å². The van der Waals surface area contributed by atoms with E-state index in [0.29, 0.717) is 69.0 Å². The summed E-state index contributed by atoms with van der Waals surface area (Å²) in [5.74, 6) is -0.311. The number of urea groups is 2. The first-order chi connectivity index (χ1) is 27.6. The molecule has 294 valence electrons. The van der Waals surface area contributed by atoms with Gasteiger partial charge in [-0.2, -0.15) is 0 Å². The van der Waals surface area contributed by atoms with Gasteiger partial charge in [0.1, 0.15) is 11.3 Å². The monoisotopic (exact) mass is 832 g/mol. The third-order valence-corrected chi connectivity index (χ3v) is 9.13. The van der Waals surface area contributed by atoms with Gasteiger partial charge in [0, 0.05) is 117 Å². The number of ketones is 2. The molecule has 15 heteroatoms. The number of carbonyl (C=O) groups is 4. The SMILES string of the molecule is CCCCNC(=O)Nc1cccc(C(=O)c2c[nH]c3ncc(Br)cc23)c1.CCCCNC(=O)Nc1cccc(C(=O)c2c[nH]c3ncc(C(C=NC)=CN)cc23)c1. The maximum Gasteiger partial charge on any atom is 0.319 e. The summed E-state index contributed by atoms with van der Waals surface area (Å²) in [4.78, 5) is 68.7. The minimum atomic E-state index is -0.294. The van der Waals surface area contributed by atoms with E-state index in [0.717, 1.165) is 41.1 Å². The summed E-state index contributed by atoms with van der Waals surface area (Å²) in [5.41, 5.74) is 11.5. The van der Waals surface area contributed by atoms with E-state index in [1.807, 2.05) is 12.1 Å². The van der Waals surface area contributed by atoms with Crippen LogP contribution in [0.4, 0.5) is 21.0 Å². The number of hydrogen-bond acceptors (Lipinski definition) is 8. The number of nitrogens with one attached hydrogen (secondary N) is 6. The molecule has 6 aromatic rings. The van der Waals surface area contributed by atoms with E-state index in [1.54, 1.807) is 86.6 Å². The number of halogens is 1. The van der Waals surface area contributed by atoms with Crippen molar-refractivity contribution in [3.63, 3.8) is 0 Å². The average Bonchev–Trinajstić information content (AvgIpc) is 3.84. The predicted molar refractivity (Wildman–Crippen MR) is 230 cm³/mol. The van der Waals surface area contributed by atoms with Crippen molar-refractivity contribution in [3.8, 4) is 0 Å². The number of benzene rings is 2. The van der Waals surface area contributed by atoms with Gasteiger partial charge in [0.15, 0.2) is 11.6 Å². The Hall–Kier alpha value is -6.61. The number of rotatable bonds is 14. The van der Waals surface area contributed by atoms with Gasteiger partial charge in [0.2, 0.25) is 0 Å². The van der Waals surface area contributed by atoms with Gasteiger partial charge < -0.3 is 37.0 Å². The smallest absolute Gasteiger partial charge is 0.319 e. The number of nitrogens with two attached hydrogens (primary N) is 1. The predicted octanol–water partition coefficient (Wildman–Crippen LogP) is 8.19. The van der Waals surface area contributed by atoms with Crippen LogP contribution in [0.25, 0.3) is 27.6 Å². The van der Waals surface area contributed by atoms with Crippen LogP contribution in [0.5, 0.6) is 0 Å². The number of H-pyrrole nitrogens is 2. The van der Waals surface area contributed by atoms with Crippen LogP contribution in [0.1, 0.15) is 76.9 Å². The van der Waals surface area contributed by atoms with Crippen molar-refractivity contribution in [2.24, 2.45) is 10.7 Å². The highest BCUT2D eigenvalue weighted by atomic mass is 79.9. The van der Waals surface area contributed by atoms with Gasteiger partial charge in [-0.15, -0.1) is 0 Å². The fourth-order valence-electron chi connectivity index (χ4n) is 5.76. The maximum absolute atomic E-state index is 13.2. The quantitative estimate of drug-likeness (QED) is 0.0324. The fraction of sp³-hybridized carbons (Fsp3) is 0.214. The number of unbranched alkanes of at least 4 members (excludes halogenated alkanes) is 2. The molecule has 0 aliphatic carbocycles. The number of pyridine rings is 2. The lowest BCUT2D eigenvalue weighted by Gasteiger charge is -2.08. The van der Waals surface area contributed by atoms with E-state index in [4.69, 9.17) is 5.73 Å². The highest BCUT2D eigenvalue weighted by Crippen LogP contribution is 2.26. The first-order valence-electron chi connectivity index (χ1n) is 18.5. The van der Waals surface area contributed by atoms with Gasteiger partial charge in [-0.3, -0.25) is 14.6 Å². The summed E-state index contributed by atoms with van der Waals surface area (Å²) < 4.78 is 0.804. The third kappa shape index (κ3) is 11.0. The number of hydrogen-bond donors (Lipinski definition) is 7. The molecule has 4 amide bonds. The molecule has 0 fully saturated rings. The Bertz CT molecular complexity index is 2430. The van der Waals surface area contributed by atoms with Crippen molar-refractivity contribution >= 4 is 84.8 Å². The Labute approximate surface area is 338 Å². The molecule has 8 N–H and O–H groups in total. The van der Waals surface area contributed by atoms with Crippen molar-refractivity contribution < 1.29 is 19.2 Å². The Morgan fingerprint density at radius 2 is 1.25 bits per heavy atom. The molecule has 0 spiro atoms. The molecule has 14 nitrogen and oxygen atoms in total. The molecule has 0 atom stereocenters. The van der Waals surface area contributed by atoms with Crippen molar-refractivity contribution in [1.82, 2.24) is 30.6 Å². The largest absolute Gasteiger partial charge is 0.404 e. The van der Waals surface area contributed by atoms with Crippen molar-refractivity contribution in [2.45, 2.75) is 39.5 Å². The average molecular weight is 834 g/mol. The molecule has 0 aliphatic heterocycles. The Morgan fingerprint density at radius 1 is 0.737 bits per heavy atom. The topological polar surface area (TPSA) is 212 Å². The number of carbonyl (C=O) groups excluding carboxylic acids is 4. The zero-order valence-electron chi connectivity index (χ0n) is 31.9. The lowest BCUT2D eigenvalue weighted by atomic mass is 10.0. The van der Waals surface area contributed by atoms with Crippen LogP contribution < -0.4 is 27.0 Å². The second-order valence-electron chi connectivity index (χ2n) is 12.9. The fourth-order valence-corrected chi connectivity index (χ4v) is 6.09. The number of aromatic amines is 2. The second kappa shape index (κ2) is 20.3. The van der Waals surface area contributed by atoms with Crippen molar-refractivity contribution in [1.29, 1.82) is 0 Å². The highest BCUT2D eigenvalue weighted by molar-refractivity contribution is 9.10. The number of fused-ring (bicyclic) bond motifs is 2. The zero-order valence-corrected chi connectivity index (χ0v) is 33.5. The molecule has 0 saturated heterocycles. The number of nitrogens with zero attached hydrogens (tertiary/aromatic N) is 3. The molecule has 4 heterocycles. The molecule has 57 heavy (non-hydrogen) atoms. The Kier molecular flexibility index (Phi) is 14.8. The molecule has 6 rings (SSSR count). The molecule has 2 aromatic carbocycles.